The number of nitrogens with zero attached hydrogens (tertiary/aromatic N) is 4. The number of carbonyl (C=O) groups excluding carboxylic acids is 1. The number of nitrogens with one attached hydrogen (secondary N) is 2. The van der Waals surface area contributed by atoms with E-state index in [0.717, 1.165) is 35.6 Å². The first-order valence-electron chi connectivity index (χ1n) is 9.07. The van der Waals surface area contributed by atoms with Crippen molar-refractivity contribution in [2.24, 2.45) is 0 Å². The van der Waals surface area contributed by atoms with E-state index in [-0.39, 0.29) is 5.91 Å². The van der Waals surface area contributed by atoms with Gasteiger partial charge in [-0.25, -0.2) is 4.98 Å². The molecule has 4 rings (SSSR count). The minimum absolute atomic E-state index is 0.154. The number of likely N-dealkylation sites (N-methyl/N-ethyl adjacent to an activating group) is 1. The fourth-order valence-corrected chi connectivity index (χ4v) is 3.09. The van der Waals surface area contributed by atoms with Crippen LogP contribution in [0, 0.1) is 0 Å². The molecule has 0 atom stereocenters. The number of anilines is 1. The molecule has 1 aromatic carbocycles. The zero-order valence-electron chi connectivity index (χ0n) is 15.2. The number of imidazole rings is 1. The Morgan fingerprint density at radius 2 is 2.23 bits per heavy atom. The first-order chi connectivity index (χ1) is 12.6. The van der Waals surface area contributed by atoms with E-state index in [0.29, 0.717) is 11.5 Å². The summed E-state index contributed by atoms with van der Waals surface area (Å²) in [4.78, 5) is 22.6. The number of amides is 1. The lowest BCUT2D eigenvalue weighted by atomic mass is 9.85. The summed E-state index contributed by atoms with van der Waals surface area (Å²) in [6.45, 7) is 1.63. The number of H-pyrrole nitrogens is 1. The Morgan fingerprint density at radius 3 is 2.96 bits per heavy atom. The van der Waals surface area contributed by atoms with Crippen molar-refractivity contribution < 1.29 is 4.79 Å². The van der Waals surface area contributed by atoms with E-state index in [9.17, 15) is 4.79 Å². The van der Waals surface area contributed by atoms with Gasteiger partial charge in [0.25, 0.3) is 5.91 Å². The zero-order valence-corrected chi connectivity index (χ0v) is 15.2. The SMILES string of the molecule is CN(C)CCn1cc(C(=O)Nc2ccc3nc(C4CCC4)[nH]c3c2)cn1. The molecule has 0 saturated heterocycles. The predicted molar refractivity (Wildman–Crippen MR) is 101 cm³/mol. The first-order valence-corrected chi connectivity index (χ1v) is 9.07. The molecule has 2 heterocycles. The van der Waals surface area contributed by atoms with E-state index in [4.69, 9.17) is 0 Å². The second-order valence-corrected chi connectivity index (χ2v) is 7.23. The highest BCUT2D eigenvalue weighted by molar-refractivity contribution is 6.04. The van der Waals surface area contributed by atoms with Gasteiger partial charge in [-0.3, -0.25) is 9.48 Å². The minimum atomic E-state index is -0.154. The molecule has 0 aliphatic heterocycles. The number of fused-ring (bicyclic) bond motifs is 1. The second kappa shape index (κ2) is 6.92. The van der Waals surface area contributed by atoms with Crippen LogP contribution in [-0.4, -0.2) is 51.2 Å². The Hall–Kier alpha value is -2.67. The summed E-state index contributed by atoms with van der Waals surface area (Å²) < 4.78 is 1.79. The van der Waals surface area contributed by atoms with Crippen LogP contribution >= 0.6 is 0 Å². The molecule has 3 aromatic rings. The Kier molecular flexibility index (Phi) is 4.46. The average molecular weight is 352 g/mol. The average Bonchev–Trinajstić information content (AvgIpc) is 3.17. The van der Waals surface area contributed by atoms with Crippen LogP contribution in [0.5, 0.6) is 0 Å². The fraction of sp³-hybridized carbons (Fsp3) is 0.421. The molecule has 1 fully saturated rings. The highest BCUT2D eigenvalue weighted by Crippen LogP contribution is 2.35. The van der Waals surface area contributed by atoms with E-state index in [1.165, 1.54) is 19.3 Å². The van der Waals surface area contributed by atoms with Crippen molar-refractivity contribution in [2.75, 3.05) is 26.0 Å². The number of rotatable bonds is 6. The second-order valence-electron chi connectivity index (χ2n) is 7.23. The quantitative estimate of drug-likeness (QED) is 0.715. The van der Waals surface area contributed by atoms with Gasteiger partial charge in [0, 0.05) is 24.3 Å². The lowest BCUT2D eigenvalue weighted by molar-refractivity contribution is 0.102. The van der Waals surface area contributed by atoms with Gasteiger partial charge in [-0.15, -0.1) is 0 Å². The van der Waals surface area contributed by atoms with Gasteiger partial charge < -0.3 is 15.2 Å². The molecule has 1 amide bonds. The maximum atomic E-state index is 12.5. The summed E-state index contributed by atoms with van der Waals surface area (Å²) >= 11 is 0. The van der Waals surface area contributed by atoms with Gasteiger partial charge in [0.2, 0.25) is 0 Å². The summed E-state index contributed by atoms with van der Waals surface area (Å²) in [7, 11) is 4.03. The summed E-state index contributed by atoms with van der Waals surface area (Å²) in [5, 5.41) is 7.20. The van der Waals surface area contributed by atoms with E-state index >= 15 is 0 Å². The van der Waals surface area contributed by atoms with Gasteiger partial charge in [0.05, 0.1) is 29.3 Å². The lowest BCUT2D eigenvalue weighted by Gasteiger charge is -2.22. The standard InChI is InChI=1S/C19H24N6O/c1-24(2)8-9-25-12-14(11-20-25)19(26)21-15-6-7-16-17(10-15)23-18(22-16)13-4-3-5-13/h6-7,10-13H,3-5,8-9H2,1-2H3,(H,21,26)(H,22,23). The Bertz CT molecular complexity index is 921. The molecular formula is C19H24N6O. The predicted octanol–water partition coefficient (Wildman–Crippen LogP) is 2.84. The van der Waals surface area contributed by atoms with E-state index in [1.54, 1.807) is 17.1 Å². The van der Waals surface area contributed by atoms with Crippen LogP contribution in [0.3, 0.4) is 0 Å². The van der Waals surface area contributed by atoms with Crippen molar-refractivity contribution in [3.8, 4) is 0 Å². The topological polar surface area (TPSA) is 78.8 Å². The van der Waals surface area contributed by atoms with Gasteiger partial charge in [-0.2, -0.15) is 5.10 Å². The molecule has 1 saturated carbocycles. The van der Waals surface area contributed by atoms with Gasteiger partial charge in [-0.05, 0) is 45.1 Å². The Balaban J connectivity index is 1.45. The summed E-state index contributed by atoms with van der Waals surface area (Å²) in [6.07, 6.45) is 7.09. The molecule has 1 aliphatic rings. The molecule has 0 bridgehead atoms. The largest absolute Gasteiger partial charge is 0.342 e. The Morgan fingerprint density at radius 1 is 1.38 bits per heavy atom. The van der Waals surface area contributed by atoms with Crippen LogP contribution in [0.4, 0.5) is 5.69 Å². The Labute approximate surface area is 152 Å². The highest BCUT2D eigenvalue weighted by atomic mass is 16.1. The molecule has 1 aliphatic carbocycles. The fourth-order valence-electron chi connectivity index (χ4n) is 3.09. The van der Waals surface area contributed by atoms with Gasteiger partial charge in [0.1, 0.15) is 5.82 Å². The van der Waals surface area contributed by atoms with Crippen molar-refractivity contribution in [2.45, 2.75) is 31.7 Å². The van der Waals surface area contributed by atoms with Crippen LogP contribution in [0.15, 0.2) is 30.6 Å². The first kappa shape index (κ1) is 16.8. The van der Waals surface area contributed by atoms with Crippen molar-refractivity contribution in [3.63, 3.8) is 0 Å². The number of carbonyl (C=O) groups is 1. The maximum absolute atomic E-state index is 12.5. The number of hydrogen-bond donors (Lipinski definition) is 2. The van der Waals surface area contributed by atoms with Crippen molar-refractivity contribution in [3.05, 3.63) is 42.0 Å². The molecule has 136 valence electrons. The van der Waals surface area contributed by atoms with E-state index < -0.39 is 0 Å². The molecule has 0 spiro atoms. The van der Waals surface area contributed by atoms with Crippen molar-refractivity contribution in [1.82, 2.24) is 24.6 Å². The third-order valence-electron chi connectivity index (χ3n) is 4.92. The smallest absolute Gasteiger partial charge is 0.258 e. The van der Waals surface area contributed by atoms with Gasteiger partial charge in [-0.1, -0.05) is 6.42 Å². The normalized spacial score (nSPS) is 14.7. The maximum Gasteiger partial charge on any atom is 0.258 e. The molecule has 26 heavy (non-hydrogen) atoms. The number of aromatic nitrogens is 4. The van der Waals surface area contributed by atoms with Crippen LogP contribution in [0.25, 0.3) is 11.0 Å². The summed E-state index contributed by atoms with van der Waals surface area (Å²) in [5.74, 6) is 1.48. The highest BCUT2D eigenvalue weighted by Gasteiger charge is 2.22. The molecule has 2 aromatic heterocycles. The van der Waals surface area contributed by atoms with Crippen LogP contribution in [0.2, 0.25) is 0 Å². The summed E-state index contributed by atoms with van der Waals surface area (Å²) in [6, 6.07) is 5.78. The third-order valence-corrected chi connectivity index (χ3v) is 4.92. The van der Waals surface area contributed by atoms with Crippen LogP contribution < -0.4 is 5.32 Å². The van der Waals surface area contributed by atoms with Crippen LogP contribution in [0.1, 0.15) is 41.4 Å². The van der Waals surface area contributed by atoms with Crippen molar-refractivity contribution in [1.29, 1.82) is 0 Å². The van der Waals surface area contributed by atoms with E-state index in [1.807, 2.05) is 32.3 Å². The number of hydrogen-bond acceptors (Lipinski definition) is 4. The van der Waals surface area contributed by atoms with E-state index in [2.05, 4.69) is 25.3 Å². The number of aromatic amines is 1. The van der Waals surface area contributed by atoms with Crippen LogP contribution in [-0.2, 0) is 6.54 Å². The lowest BCUT2D eigenvalue weighted by Crippen LogP contribution is -2.18. The molecule has 0 radical (unpaired) electrons. The number of benzene rings is 1. The monoisotopic (exact) mass is 352 g/mol. The molecule has 7 nitrogen and oxygen atoms in total. The molecular weight excluding hydrogens is 328 g/mol. The van der Waals surface area contributed by atoms with Gasteiger partial charge in [0.15, 0.2) is 0 Å². The molecule has 0 unspecified atom stereocenters. The molecule has 7 heteroatoms. The summed E-state index contributed by atoms with van der Waals surface area (Å²) in [5.41, 5.74) is 3.23. The zero-order chi connectivity index (χ0) is 18.1. The minimum Gasteiger partial charge on any atom is -0.342 e. The van der Waals surface area contributed by atoms with Gasteiger partial charge >= 0.3 is 0 Å². The third kappa shape index (κ3) is 3.48. The molecule has 2 N–H and O–H groups in total. The van der Waals surface area contributed by atoms with Crippen molar-refractivity contribution >= 4 is 22.6 Å².